The molecule has 20 heavy (non-hydrogen) atoms. The minimum absolute atomic E-state index is 0.0841. The van der Waals surface area contributed by atoms with E-state index >= 15 is 0 Å². The molecule has 0 aromatic heterocycles. The van der Waals surface area contributed by atoms with E-state index in [1.54, 1.807) is 6.92 Å². The van der Waals surface area contributed by atoms with Crippen molar-refractivity contribution >= 4 is 11.6 Å². The van der Waals surface area contributed by atoms with Crippen molar-refractivity contribution in [3.8, 4) is 0 Å². The van der Waals surface area contributed by atoms with Gasteiger partial charge in [-0.15, -0.1) is 0 Å². The summed E-state index contributed by atoms with van der Waals surface area (Å²) in [6.07, 6.45) is 6.07. The van der Waals surface area contributed by atoms with Gasteiger partial charge in [0.05, 0.1) is 0 Å². The van der Waals surface area contributed by atoms with Gasteiger partial charge < -0.3 is 0 Å². The summed E-state index contributed by atoms with van der Waals surface area (Å²) in [7, 11) is 2.00. The molecule has 1 heterocycles. The van der Waals surface area contributed by atoms with Crippen LogP contribution in [0.1, 0.15) is 36.5 Å². The van der Waals surface area contributed by atoms with E-state index in [-0.39, 0.29) is 23.7 Å². The number of rotatable bonds is 5. The average Bonchev–Trinajstić information content (AvgIpc) is 2.43. The molecule has 106 valence electrons. The van der Waals surface area contributed by atoms with E-state index in [0.717, 1.165) is 12.0 Å². The highest BCUT2D eigenvalue weighted by Gasteiger charge is 2.26. The number of nitrogens with zero attached hydrogens (tertiary/aromatic N) is 1. The summed E-state index contributed by atoms with van der Waals surface area (Å²) in [5.41, 5.74) is 0.753. The van der Waals surface area contributed by atoms with Crippen LogP contribution in [0.15, 0.2) is 42.5 Å². The number of ketones is 2. The Morgan fingerprint density at radius 1 is 1.20 bits per heavy atom. The summed E-state index contributed by atoms with van der Waals surface area (Å²) in [6, 6.07) is 9.67. The van der Waals surface area contributed by atoms with Crippen molar-refractivity contribution in [1.82, 2.24) is 4.90 Å². The number of carbonyl (C=O) groups is 2. The Bertz CT molecular complexity index is 507. The van der Waals surface area contributed by atoms with E-state index in [0.29, 0.717) is 12.8 Å². The van der Waals surface area contributed by atoms with Crippen LogP contribution in [0.3, 0.4) is 0 Å². The maximum atomic E-state index is 12.3. The van der Waals surface area contributed by atoms with Crippen LogP contribution in [0.2, 0.25) is 0 Å². The second-order valence-electron chi connectivity index (χ2n) is 5.45. The zero-order valence-corrected chi connectivity index (χ0v) is 12.1. The van der Waals surface area contributed by atoms with Crippen molar-refractivity contribution in [2.75, 3.05) is 7.05 Å². The van der Waals surface area contributed by atoms with Gasteiger partial charge in [0.15, 0.2) is 5.78 Å². The summed E-state index contributed by atoms with van der Waals surface area (Å²) in [6.45, 7) is 1.62. The molecule has 2 atom stereocenters. The largest absolute Gasteiger partial charge is 0.300 e. The van der Waals surface area contributed by atoms with Crippen molar-refractivity contribution in [3.63, 3.8) is 0 Å². The van der Waals surface area contributed by atoms with Gasteiger partial charge in [0, 0.05) is 30.5 Å². The van der Waals surface area contributed by atoms with Gasteiger partial charge in [0.1, 0.15) is 5.78 Å². The molecule has 2 rings (SSSR count). The fourth-order valence-corrected chi connectivity index (χ4v) is 2.67. The molecule has 1 aromatic rings. The fourth-order valence-electron chi connectivity index (χ4n) is 2.67. The summed E-state index contributed by atoms with van der Waals surface area (Å²) in [5, 5.41) is 0. The lowest BCUT2D eigenvalue weighted by atomic mass is 9.95. The van der Waals surface area contributed by atoms with Gasteiger partial charge in [-0.2, -0.15) is 0 Å². The monoisotopic (exact) mass is 271 g/mol. The van der Waals surface area contributed by atoms with Crippen LogP contribution in [0, 0.1) is 0 Å². The average molecular weight is 271 g/mol. The SMILES string of the molecule is CC(=O)CC1CC=CC(CC(=O)c2ccccc2)N1C. The Hall–Kier alpha value is -1.74. The van der Waals surface area contributed by atoms with Crippen molar-refractivity contribution < 1.29 is 9.59 Å². The van der Waals surface area contributed by atoms with Gasteiger partial charge in [-0.05, 0) is 20.4 Å². The predicted octanol–water partition coefficient (Wildman–Crippen LogP) is 2.87. The molecule has 1 aromatic carbocycles. The molecule has 1 aliphatic rings. The van der Waals surface area contributed by atoms with E-state index < -0.39 is 0 Å². The highest BCUT2D eigenvalue weighted by molar-refractivity contribution is 5.96. The molecule has 3 heteroatoms. The zero-order chi connectivity index (χ0) is 14.5. The van der Waals surface area contributed by atoms with Gasteiger partial charge in [0.25, 0.3) is 0 Å². The maximum Gasteiger partial charge on any atom is 0.164 e. The number of benzene rings is 1. The first kappa shape index (κ1) is 14.7. The number of likely N-dealkylation sites (N-methyl/N-ethyl adjacent to an activating group) is 1. The first-order valence-corrected chi connectivity index (χ1v) is 7.04. The molecule has 0 saturated carbocycles. The summed E-state index contributed by atoms with van der Waals surface area (Å²) >= 11 is 0. The number of Topliss-reactive ketones (excluding diaryl/α,β-unsaturated/α-hetero) is 2. The van der Waals surface area contributed by atoms with Gasteiger partial charge >= 0.3 is 0 Å². The summed E-state index contributed by atoms with van der Waals surface area (Å²) in [4.78, 5) is 25.7. The number of hydrogen-bond acceptors (Lipinski definition) is 3. The van der Waals surface area contributed by atoms with Crippen molar-refractivity contribution in [1.29, 1.82) is 0 Å². The molecule has 0 saturated heterocycles. The smallest absolute Gasteiger partial charge is 0.164 e. The molecule has 0 aliphatic carbocycles. The van der Waals surface area contributed by atoms with E-state index in [1.807, 2.05) is 37.4 Å². The second kappa shape index (κ2) is 6.62. The number of hydrogen-bond donors (Lipinski definition) is 0. The third kappa shape index (κ3) is 3.64. The van der Waals surface area contributed by atoms with Gasteiger partial charge in [-0.25, -0.2) is 0 Å². The molecule has 2 unspecified atom stereocenters. The second-order valence-corrected chi connectivity index (χ2v) is 5.45. The number of carbonyl (C=O) groups excluding carboxylic acids is 2. The Balaban J connectivity index is 2.02. The Morgan fingerprint density at radius 2 is 1.90 bits per heavy atom. The minimum atomic E-state index is 0.0841. The van der Waals surface area contributed by atoms with Crippen LogP contribution in [0.4, 0.5) is 0 Å². The molecular weight excluding hydrogens is 250 g/mol. The molecule has 3 nitrogen and oxygen atoms in total. The van der Waals surface area contributed by atoms with Crippen LogP contribution in [-0.2, 0) is 4.79 Å². The van der Waals surface area contributed by atoms with Gasteiger partial charge in [-0.3, -0.25) is 14.5 Å². The standard InChI is InChI=1S/C17H21NO2/c1-13(19)11-15-9-6-10-16(18(15)2)12-17(20)14-7-4-3-5-8-14/h3-8,10,15-16H,9,11-12H2,1-2H3. The van der Waals surface area contributed by atoms with Crippen LogP contribution in [-0.4, -0.2) is 35.6 Å². The molecule has 0 radical (unpaired) electrons. The van der Waals surface area contributed by atoms with Crippen molar-refractivity contribution in [2.24, 2.45) is 0 Å². The lowest BCUT2D eigenvalue weighted by molar-refractivity contribution is -0.118. The molecule has 0 amide bonds. The van der Waals surface area contributed by atoms with E-state index in [2.05, 4.69) is 17.1 Å². The minimum Gasteiger partial charge on any atom is -0.300 e. The van der Waals surface area contributed by atoms with Gasteiger partial charge in [-0.1, -0.05) is 42.5 Å². The molecule has 0 N–H and O–H groups in total. The topological polar surface area (TPSA) is 37.4 Å². The zero-order valence-electron chi connectivity index (χ0n) is 12.1. The Labute approximate surface area is 120 Å². The van der Waals surface area contributed by atoms with Crippen LogP contribution >= 0.6 is 0 Å². The normalized spacial score (nSPS) is 22.7. The molecule has 1 aliphatic heterocycles. The first-order valence-electron chi connectivity index (χ1n) is 7.04. The highest BCUT2D eigenvalue weighted by Crippen LogP contribution is 2.21. The van der Waals surface area contributed by atoms with Crippen LogP contribution in [0.25, 0.3) is 0 Å². The van der Waals surface area contributed by atoms with E-state index in [9.17, 15) is 9.59 Å². The Morgan fingerprint density at radius 3 is 2.55 bits per heavy atom. The van der Waals surface area contributed by atoms with E-state index in [4.69, 9.17) is 0 Å². The summed E-state index contributed by atoms with van der Waals surface area (Å²) < 4.78 is 0. The Kier molecular flexibility index (Phi) is 4.85. The van der Waals surface area contributed by atoms with Crippen molar-refractivity contribution in [2.45, 2.75) is 38.3 Å². The molecule has 0 fully saturated rings. The lowest BCUT2D eigenvalue weighted by Crippen LogP contribution is -2.43. The van der Waals surface area contributed by atoms with Crippen LogP contribution in [0.5, 0.6) is 0 Å². The third-order valence-electron chi connectivity index (χ3n) is 3.88. The lowest BCUT2D eigenvalue weighted by Gasteiger charge is -2.35. The maximum absolute atomic E-state index is 12.3. The molecular formula is C17H21NO2. The third-order valence-corrected chi connectivity index (χ3v) is 3.88. The van der Waals surface area contributed by atoms with Crippen molar-refractivity contribution in [3.05, 3.63) is 48.0 Å². The predicted molar refractivity (Wildman–Crippen MR) is 79.8 cm³/mol. The summed E-state index contributed by atoms with van der Waals surface area (Å²) in [5.74, 6) is 0.348. The first-order chi connectivity index (χ1) is 9.58. The highest BCUT2D eigenvalue weighted by atomic mass is 16.1. The molecule has 0 bridgehead atoms. The van der Waals surface area contributed by atoms with Gasteiger partial charge in [0.2, 0.25) is 0 Å². The molecule has 0 spiro atoms. The van der Waals surface area contributed by atoms with E-state index in [1.165, 1.54) is 0 Å². The van der Waals surface area contributed by atoms with Crippen LogP contribution < -0.4 is 0 Å². The fraction of sp³-hybridized carbons (Fsp3) is 0.412. The quantitative estimate of drug-likeness (QED) is 0.610.